The first kappa shape index (κ1) is 38.1. The van der Waals surface area contributed by atoms with Gasteiger partial charge in [-0.3, -0.25) is 4.79 Å². The minimum absolute atomic E-state index is 0.138. The first-order chi connectivity index (χ1) is 24.6. The van der Waals surface area contributed by atoms with Crippen LogP contribution in [-0.2, 0) is 18.9 Å². The van der Waals surface area contributed by atoms with Crippen molar-refractivity contribution in [2.75, 3.05) is 6.61 Å². The van der Waals surface area contributed by atoms with Gasteiger partial charge < -0.3 is 89.0 Å². The van der Waals surface area contributed by atoms with Crippen molar-refractivity contribution < 1.29 is 89.0 Å². The fourth-order valence-electron chi connectivity index (χ4n) is 6.09. The Morgan fingerprint density at radius 1 is 0.635 bits per heavy atom. The van der Waals surface area contributed by atoms with Crippen LogP contribution >= 0.6 is 0 Å². The lowest BCUT2D eigenvalue weighted by atomic mass is 9.98. The molecule has 52 heavy (non-hydrogen) atoms. The Balaban J connectivity index is 1.32. The highest BCUT2D eigenvalue weighted by Crippen LogP contribution is 2.38. The SMILES string of the molecule is CC1O[C@@H](Oc2cc(O)c3c(=O)c(O[C@@H]4OC(CO[C@H]5OC(C)[C@H](O)[C@H](O)C5O)[C@H](O)C(O)C4O)c(-c4ccc(O)cc4)oc3c2)C(O)[C@@H](O)[C@H]1O. The highest BCUT2D eigenvalue weighted by Gasteiger charge is 2.48. The maximum atomic E-state index is 14.0. The molecule has 3 saturated heterocycles. The Morgan fingerprint density at radius 3 is 1.79 bits per heavy atom. The van der Waals surface area contributed by atoms with E-state index in [4.69, 9.17) is 32.8 Å². The summed E-state index contributed by atoms with van der Waals surface area (Å²) < 4.78 is 39.5. The predicted molar refractivity (Wildman–Crippen MR) is 170 cm³/mol. The van der Waals surface area contributed by atoms with Gasteiger partial charge in [0, 0.05) is 17.7 Å². The van der Waals surface area contributed by atoms with E-state index in [-0.39, 0.29) is 28.4 Å². The molecule has 4 heterocycles. The van der Waals surface area contributed by atoms with Crippen molar-refractivity contribution in [1.82, 2.24) is 0 Å². The van der Waals surface area contributed by atoms with Crippen LogP contribution in [0.15, 0.2) is 45.6 Å². The molecule has 19 nitrogen and oxygen atoms in total. The Bertz CT molecular complexity index is 1770. The lowest BCUT2D eigenvalue weighted by Crippen LogP contribution is -2.61. The van der Waals surface area contributed by atoms with Crippen molar-refractivity contribution in [3.63, 3.8) is 0 Å². The number of aliphatic hydroxyl groups is 9. The molecule has 0 bridgehead atoms. The third-order valence-electron chi connectivity index (χ3n) is 9.23. The van der Waals surface area contributed by atoms with Gasteiger partial charge in [-0.1, -0.05) is 0 Å². The van der Waals surface area contributed by atoms with E-state index in [2.05, 4.69) is 0 Å². The molecule has 15 atom stereocenters. The van der Waals surface area contributed by atoms with Crippen molar-refractivity contribution in [2.24, 2.45) is 0 Å². The van der Waals surface area contributed by atoms with Gasteiger partial charge in [-0.2, -0.15) is 0 Å². The summed E-state index contributed by atoms with van der Waals surface area (Å²) in [5.41, 5.74) is -1.16. The number of benzene rings is 2. The largest absolute Gasteiger partial charge is 0.508 e. The maximum absolute atomic E-state index is 14.0. The van der Waals surface area contributed by atoms with Crippen molar-refractivity contribution >= 4 is 11.0 Å². The highest BCUT2D eigenvalue weighted by atomic mass is 16.7. The van der Waals surface area contributed by atoms with E-state index < -0.39 is 121 Å². The van der Waals surface area contributed by atoms with Crippen molar-refractivity contribution in [2.45, 2.75) is 106 Å². The van der Waals surface area contributed by atoms with Gasteiger partial charge in [0.2, 0.25) is 23.8 Å². The van der Waals surface area contributed by atoms with Crippen LogP contribution in [0.3, 0.4) is 0 Å². The molecule has 0 saturated carbocycles. The molecule has 11 N–H and O–H groups in total. The number of aromatic hydroxyl groups is 2. The van der Waals surface area contributed by atoms with Crippen molar-refractivity contribution in [1.29, 1.82) is 0 Å². The summed E-state index contributed by atoms with van der Waals surface area (Å²) in [6, 6.07) is 7.38. The number of fused-ring (bicyclic) bond motifs is 1. The van der Waals surface area contributed by atoms with Crippen molar-refractivity contribution in [3.05, 3.63) is 46.6 Å². The third kappa shape index (κ3) is 7.16. The van der Waals surface area contributed by atoms with Crippen LogP contribution in [0.2, 0.25) is 0 Å². The van der Waals surface area contributed by atoms with E-state index >= 15 is 0 Å². The number of hydrogen-bond donors (Lipinski definition) is 11. The number of ether oxygens (including phenoxy) is 6. The Morgan fingerprint density at radius 2 is 1.17 bits per heavy atom. The molecule has 7 unspecified atom stereocenters. The molecule has 286 valence electrons. The van der Waals surface area contributed by atoms with E-state index in [1.54, 1.807) is 0 Å². The van der Waals surface area contributed by atoms with Crippen LogP contribution in [0.5, 0.6) is 23.0 Å². The second-order valence-electron chi connectivity index (χ2n) is 12.9. The summed E-state index contributed by atoms with van der Waals surface area (Å²) in [6.45, 7) is 2.25. The molecule has 0 aliphatic carbocycles. The number of aliphatic hydroxyl groups excluding tert-OH is 9. The second kappa shape index (κ2) is 15.0. The molecular formula is C33H40O19. The minimum Gasteiger partial charge on any atom is -0.508 e. The number of phenols is 2. The van der Waals surface area contributed by atoms with Crippen LogP contribution in [0.1, 0.15) is 13.8 Å². The highest BCUT2D eigenvalue weighted by molar-refractivity contribution is 5.88. The smallest absolute Gasteiger partial charge is 0.239 e. The molecule has 0 amide bonds. The Kier molecular flexibility index (Phi) is 11.0. The van der Waals surface area contributed by atoms with Crippen LogP contribution in [0.25, 0.3) is 22.3 Å². The summed E-state index contributed by atoms with van der Waals surface area (Å²) in [7, 11) is 0. The third-order valence-corrected chi connectivity index (χ3v) is 9.23. The fourth-order valence-corrected chi connectivity index (χ4v) is 6.09. The zero-order valence-corrected chi connectivity index (χ0v) is 27.5. The first-order valence-electron chi connectivity index (χ1n) is 16.2. The zero-order chi connectivity index (χ0) is 37.8. The second-order valence-corrected chi connectivity index (χ2v) is 12.9. The molecule has 19 heteroatoms. The van der Waals surface area contributed by atoms with E-state index in [9.17, 15) is 61.0 Å². The molecule has 1 aromatic heterocycles. The van der Waals surface area contributed by atoms with Crippen LogP contribution in [-0.4, -0.2) is 155 Å². The van der Waals surface area contributed by atoms with Gasteiger partial charge in [0.05, 0.1) is 18.8 Å². The summed E-state index contributed by atoms with van der Waals surface area (Å²) in [5, 5.41) is 114. The van der Waals surface area contributed by atoms with Gasteiger partial charge in [-0.25, -0.2) is 0 Å². The van der Waals surface area contributed by atoms with E-state index in [0.717, 1.165) is 6.07 Å². The average Bonchev–Trinajstić information content (AvgIpc) is 3.11. The molecule has 6 rings (SSSR count). The van der Waals surface area contributed by atoms with Gasteiger partial charge >= 0.3 is 0 Å². The summed E-state index contributed by atoms with van der Waals surface area (Å²) in [6.07, 6.45) is -23.5. The Labute approximate surface area is 293 Å². The minimum atomic E-state index is -1.98. The van der Waals surface area contributed by atoms with Crippen LogP contribution in [0.4, 0.5) is 0 Å². The van der Waals surface area contributed by atoms with Gasteiger partial charge in [0.25, 0.3) is 0 Å². The van der Waals surface area contributed by atoms with Gasteiger partial charge in [-0.15, -0.1) is 0 Å². The quantitative estimate of drug-likeness (QED) is 0.110. The molecule has 0 spiro atoms. The molecule has 2 aromatic carbocycles. The fraction of sp³-hybridized carbons (Fsp3) is 0.545. The normalized spacial score (nSPS) is 38.2. The zero-order valence-electron chi connectivity index (χ0n) is 27.5. The maximum Gasteiger partial charge on any atom is 0.239 e. The van der Waals surface area contributed by atoms with E-state index in [1.807, 2.05) is 0 Å². The molecule has 3 aromatic rings. The van der Waals surface area contributed by atoms with Crippen molar-refractivity contribution in [3.8, 4) is 34.3 Å². The average molecular weight is 741 g/mol. The van der Waals surface area contributed by atoms with Gasteiger partial charge in [0.1, 0.15) is 89.3 Å². The lowest BCUT2D eigenvalue weighted by molar-refractivity contribution is -0.318. The van der Waals surface area contributed by atoms with Crippen LogP contribution in [0, 0.1) is 0 Å². The summed E-state index contributed by atoms with van der Waals surface area (Å²) in [5.74, 6) is -2.01. The number of rotatable bonds is 8. The topological polar surface area (TPSA) is 308 Å². The standard InChI is InChI=1S/C33H40O19/c1-10-19(36)23(40)26(43)31(47-10)46-9-17-21(38)25(42)28(45)33(51-17)52-30-22(39)18-15(35)7-14(49-32-27(44)24(41)20(37)11(2)48-32)8-16(18)50-29(30)12-3-5-13(34)6-4-12/h3-8,10-11,17,19-21,23-28,31-38,40-45H,9H2,1-2H3/t10?,11?,17?,19-,20-,21-,23-,24-,25?,26?,27?,28?,31-,32-,33-/m0/s1. The van der Waals surface area contributed by atoms with Crippen LogP contribution < -0.4 is 14.9 Å². The summed E-state index contributed by atoms with van der Waals surface area (Å²) in [4.78, 5) is 14.0. The van der Waals surface area contributed by atoms with E-state index in [1.165, 1.54) is 44.2 Å². The number of hydrogen-bond acceptors (Lipinski definition) is 19. The monoisotopic (exact) mass is 740 g/mol. The molecular weight excluding hydrogens is 700 g/mol. The molecule has 0 radical (unpaired) electrons. The van der Waals surface area contributed by atoms with Gasteiger partial charge in [0.15, 0.2) is 12.1 Å². The molecule has 3 aliphatic heterocycles. The van der Waals surface area contributed by atoms with E-state index in [0.29, 0.717) is 0 Å². The Hall–Kier alpha value is -3.67. The predicted octanol–water partition coefficient (Wildman–Crippen LogP) is -2.89. The summed E-state index contributed by atoms with van der Waals surface area (Å²) >= 11 is 0. The first-order valence-corrected chi connectivity index (χ1v) is 16.2. The number of phenolic OH excluding ortho intramolecular Hbond substituents is 2. The molecule has 3 fully saturated rings. The van der Waals surface area contributed by atoms with Gasteiger partial charge in [-0.05, 0) is 38.1 Å². The molecule has 3 aliphatic rings. The lowest BCUT2D eigenvalue weighted by Gasteiger charge is -2.42.